The van der Waals surface area contributed by atoms with Gasteiger partial charge in [0.25, 0.3) is 0 Å². The molecule has 0 aliphatic rings. The average Bonchev–Trinajstić information content (AvgIpc) is 3.38. The molecule has 2 unspecified atom stereocenters. The first kappa shape index (κ1) is 71.0. The molecule has 9 nitrogen and oxygen atoms in total. The van der Waals surface area contributed by atoms with Crippen LogP contribution in [0.2, 0.25) is 0 Å². The van der Waals surface area contributed by atoms with Crippen LogP contribution in [-0.2, 0) is 33.3 Å². The lowest BCUT2D eigenvalue weighted by Gasteiger charge is -2.26. The third-order valence-corrected chi connectivity index (χ3v) is 12.5. The highest BCUT2D eigenvalue weighted by Crippen LogP contribution is 2.16. The smallest absolute Gasteiger partial charge is 0.306 e. The minimum Gasteiger partial charge on any atom is -0.545 e. The number of ether oxygens (including phenoxy) is 4. The van der Waals surface area contributed by atoms with E-state index in [1.54, 1.807) is 0 Å². The first-order valence-electron chi connectivity index (χ1n) is 30.0. The number of esters is 2. The van der Waals surface area contributed by atoms with Gasteiger partial charge < -0.3 is 33.3 Å². The Morgan fingerprint density at radius 3 is 1.07 bits per heavy atom. The maximum atomic E-state index is 12.9. The third-order valence-electron chi connectivity index (χ3n) is 12.5. The van der Waals surface area contributed by atoms with Crippen molar-refractivity contribution in [1.29, 1.82) is 0 Å². The Bertz CT molecular complexity index is 1590. The molecule has 0 aliphatic carbocycles. The summed E-state index contributed by atoms with van der Waals surface area (Å²) < 4.78 is 22.7. The van der Waals surface area contributed by atoms with E-state index in [9.17, 15) is 19.5 Å². The van der Waals surface area contributed by atoms with Gasteiger partial charge in [0.2, 0.25) is 0 Å². The van der Waals surface area contributed by atoms with Crippen molar-refractivity contribution in [2.24, 2.45) is 0 Å². The molecule has 0 aromatic rings. The van der Waals surface area contributed by atoms with E-state index < -0.39 is 24.3 Å². The zero-order valence-corrected chi connectivity index (χ0v) is 48.6. The fourth-order valence-corrected chi connectivity index (χ4v) is 7.97. The maximum Gasteiger partial charge on any atom is 0.306 e. The topological polar surface area (TPSA) is 111 Å². The predicted molar refractivity (Wildman–Crippen MR) is 315 cm³/mol. The van der Waals surface area contributed by atoms with Crippen LogP contribution in [0.25, 0.3) is 0 Å². The first-order chi connectivity index (χ1) is 36.6. The minimum atomic E-state index is -1.63. The lowest BCUT2D eigenvalue weighted by Crippen LogP contribution is -2.44. The quantitative estimate of drug-likeness (QED) is 0.0195. The third kappa shape index (κ3) is 57.5. The molecule has 2 atom stereocenters. The Balaban J connectivity index is 4.16. The molecule has 0 rings (SSSR count). The number of hydrogen-bond acceptors (Lipinski definition) is 8. The lowest BCUT2D eigenvalue weighted by atomic mass is 10.0. The Morgan fingerprint density at radius 2 is 0.720 bits per heavy atom. The highest BCUT2D eigenvalue weighted by Gasteiger charge is 2.22. The number of allylic oxidation sites excluding steroid dienone is 18. The second-order valence-corrected chi connectivity index (χ2v) is 20.9. The van der Waals surface area contributed by atoms with Crippen molar-refractivity contribution in [3.63, 3.8) is 0 Å². The fraction of sp³-hybridized carbons (Fsp3) is 0.682. The molecular formula is C66H111NO8. The van der Waals surface area contributed by atoms with Gasteiger partial charge in [-0.3, -0.25) is 9.59 Å². The summed E-state index contributed by atoms with van der Waals surface area (Å²) in [4.78, 5) is 37.3. The van der Waals surface area contributed by atoms with E-state index in [1.165, 1.54) is 89.9 Å². The molecule has 0 bridgehead atoms. The van der Waals surface area contributed by atoms with Crippen molar-refractivity contribution in [2.45, 2.75) is 245 Å². The van der Waals surface area contributed by atoms with Crippen LogP contribution in [0.4, 0.5) is 0 Å². The number of nitrogens with zero attached hydrogens (tertiary/aromatic N) is 1. The summed E-state index contributed by atoms with van der Waals surface area (Å²) in [6.07, 6.45) is 74.4. The van der Waals surface area contributed by atoms with Crippen molar-refractivity contribution < 1.29 is 42.9 Å². The van der Waals surface area contributed by atoms with Crippen molar-refractivity contribution in [3.8, 4) is 0 Å². The fourth-order valence-electron chi connectivity index (χ4n) is 7.97. The highest BCUT2D eigenvalue weighted by molar-refractivity contribution is 5.70. The van der Waals surface area contributed by atoms with Gasteiger partial charge in [-0.15, -0.1) is 0 Å². The Morgan fingerprint density at radius 1 is 0.400 bits per heavy atom. The monoisotopic (exact) mass is 1050 g/mol. The number of likely N-dealkylation sites (N-methyl/N-ethyl adjacent to an activating group) is 1. The second-order valence-electron chi connectivity index (χ2n) is 20.9. The number of aliphatic carboxylic acids is 1. The summed E-state index contributed by atoms with van der Waals surface area (Å²) in [5.41, 5.74) is 0. The van der Waals surface area contributed by atoms with Gasteiger partial charge in [-0.05, 0) is 96.3 Å². The van der Waals surface area contributed by atoms with E-state index in [1.807, 2.05) is 21.1 Å². The summed E-state index contributed by atoms with van der Waals surface area (Å²) in [7, 11) is 5.91. The summed E-state index contributed by atoms with van der Waals surface area (Å²) in [6.45, 7) is 4.49. The Hall–Kier alpha value is -4.05. The molecule has 0 saturated carbocycles. The van der Waals surface area contributed by atoms with Crippen molar-refractivity contribution in [1.82, 2.24) is 0 Å². The largest absolute Gasteiger partial charge is 0.545 e. The number of quaternary nitrogens is 1. The lowest BCUT2D eigenvalue weighted by molar-refractivity contribution is -0.870. The Labute approximate surface area is 460 Å². The van der Waals surface area contributed by atoms with E-state index in [-0.39, 0.29) is 38.6 Å². The molecule has 0 aromatic carbocycles. The minimum absolute atomic E-state index is 0.139. The molecule has 0 radical (unpaired) electrons. The number of carboxylic acid groups (broad SMARTS) is 1. The predicted octanol–water partition coefficient (Wildman–Crippen LogP) is 16.6. The van der Waals surface area contributed by atoms with Crippen LogP contribution in [0.5, 0.6) is 0 Å². The number of unbranched alkanes of at least 4 members (excludes halogenated alkanes) is 21. The molecule has 0 amide bonds. The van der Waals surface area contributed by atoms with Gasteiger partial charge in [0.15, 0.2) is 12.4 Å². The van der Waals surface area contributed by atoms with Crippen LogP contribution in [0.15, 0.2) is 109 Å². The van der Waals surface area contributed by atoms with Crippen molar-refractivity contribution in [3.05, 3.63) is 109 Å². The number of carbonyl (C=O) groups is 3. The van der Waals surface area contributed by atoms with Crippen LogP contribution in [0.1, 0.15) is 232 Å². The molecule has 0 aliphatic heterocycles. The van der Waals surface area contributed by atoms with E-state index >= 15 is 0 Å². The average molecular weight is 1050 g/mol. The molecule has 0 heterocycles. The molecular weight excluding hydrogens is 935 g/mol. The van der Waals surface area contributed by atoms with Crippen molar-refractivity contribution >= 4 is 17.9 Å². The number of hydrogen-bond donors (Lipinski definition) is 0. The van der Waals surface area contributed by atoms with Crippen LogP contribution in [0, 0.1) is 0 Å². The summed E-state index contributed by atoms with van der Waals surface area (Å²) in [5.74, 6) is -2.32. The standard InChI is InChI=1S/C66H111NO8/c1-6-8-10-12-14-16-18-20-22-24-25-26-27-28-29-30-31-32-33-34-35-36-37-38-39-41-43-45-47-49-51-53-55-57-64(69)75-62(61-74-66(65(70)71)72-59-58-67(3,4)5)60-73-63(68)56-54-52-50-48-46-44-42-40-23-21-19-17-15-13-11-9-7-2/h8-11,14-17,20-23,25-26,28-29,42,44,62,66H,6-7,12-13,18-19,24,27,30-41,43,45-61H2,1-5H3/b10-8-,11-9-,16-14-,17-15-,22-20-,23-21-,26-25-,29-28-,44-42-. The van der Waals surface area contributed by atoms with Gasteiger partial charge in [-0.25, -0.2) is 0 Å². The van der Waals surface area contributed by atoms with Gasteiger partial charge >= 0.3 is 11.9 Å². The zero-order chi connectivity index (χ0) is 54.8. The van der Waals surface area contributed by atoms with Crippen molar-refractivity contribution in [2.75, 3.05) is 47.5 Å². The van der Waals surface area contributed by atoms with E-state index in [2.05, 4.69) is 123 Å². The highest BCUT2D eigenvalue weighted by atomic mass is 16.7. The van der Waals surface area contributed by atoms with E-state index in [4.69, 9.17) is 18.9 Å². The molecule has 0 N–H and O–H groups in total. The van der Waals surface area contributed by atoms with Gasteiger partial charge in [0.05, 0.1) is 40.3 Å². The second kappa shape index (κ2) is 56.2. The SMILES string of the molecule is CC/C=C\C/C=C\C/C=C\C/C=C\C/C=C\CCCCCCCCCCCCCCCCCCCC(=O)OC(COC(=O)CCCCCC/C=C\C/C=C\C/C=C\C/C=C\CC)COC(OCC[N+](C)(C)C)C(=O)[O-]. The summed E-state index contributed by atoms with van der Waals surface area (Å²) in [5, 5.41) is 11.8. The van der Waals surface area contributed by atoms with Gasteiger partial charge in [0, 0.05) is 12.8 Å². The van der Waals surface area contributed by atoms with Gasteiger partial charge in [0.1, 0.15) is 13.2 Å². The first-order valence-corrected chi connectivity index (χ1v) is 30.0. The number of carboxylic acids is 1. The molecule has 75 heavy (non-hydrogen) atoms. The molecule has 0 spiro atoms. The maximum absolute atomic E-state index is 12.9. The van der Waals surface area contributed by atoms with Crippen LogP contribution < -0.4 is 5.11 Å². The van der Waals surface area contributed by atoms with E-state index in [0.717, 1.165) is 103 Å². The molecule has 428 valence electrons. The summed E-state index contributed by atoms with van der Waals surface area (Å²) >= 11 is 0. The molecule has 0 fully saturated rings. The van der Waals surface area contributed by atoms with Gasteiger partial charge in [-0.1, -0.05) is 232 Å². The van der Waals surface area contributed by atoms with E-state index in [0.29, 0.717) is 23.9 Å². The zero-order valence-electron chi connectivity index (χ0n) is 48.6. The molecule has 0 saturated heterocycles. The number of carbonyl (C=O) groups excluding carboxylic acids is 3. The van der Waals surface area contributed by atoms with Gasteiger partial charge in [-0.2, -0.15) is 0 Å². The molecule has 9 heteroatoms. The van der Waals surface area contributed by atoms with Crippen LogP contribution >= 0.6 is 0 Å². The van der Waals surface area contributed by atoms with Crippen LogP contribution in [-0.4, -0.2) is 82.3 Å². The summed E-state index contributed by atoms with van der Waals surface area (Å²) in [6, 6.07) is 0. The Kier molecular flexibility index (Phi) is 53.1. The normalized spacial score (nSPS) is 13.6. The van der Waals surface area contributed by atoms with Crippen LogP contribution in [0.3, 0.4) is 0 Å². The molecule has 0 aromatic heterocycles. The number of rotatable bonds is 54.